The van der Waals surface area contributed by atoms with E-state index in [4.69, 9.17) is 4.42 Å². The van der Waals surface area contributed by atoms with Crippen molar-refractivity contribution < 1.29 is 17.6 Å². The van der Waals surface area contributed by atoms with Crippen LogP contribution in [0.15, 0.2) is 28.7 Å². The number of hydrogen-bond acceptors (Lipinski definition) is 3. The zero-order valence-electron chi connectivity index (χ0n) is 8.92. The Labute approximate surface area is 95.6 Å². The van der Waals surface area contributed by atoms with Gasteiger partial charge in [0.25, 0.3) is 6.01 Å². The first-order chi connectivity index (χ1) is 8.04. The molecule has 0 aliphatic heterocycles. The molecule has 0 fully saturated rings. The minimum atomic E-state index is -4.11. The first-order valence-electron chi connectivity index (χ1n) is 5.21. The Morgan fingerprint density at radius 2 is 2.00 bits per heavy atom. The third-order valence-corrected chi connectivity index (χ3v) is 2.21. The second kappa shape index (κ2) is 4.65. The van der Waals surface area contributed by atoms with Crippen molar-refractivity contribution >= 4 is 17.1 Å². The van der Waals surface area contributed by atoms with Crippen molar-refractivity contribution in [3.8, 4) is 0 Å². The Balaban J connectivity index is 1.87. The number of benzene rings is 1. The Morgan fingerprint density at radius 1 is 1.24 bits per heavy atom. The van der Waals surface area contributed by atoms with Crippen LogP contribution in [0.1, 0.15) is 12.8 Å². The van der Waals surface area contributed by atoms with Gasteiger partial charge in [-0.2, -0.15) is 18.2 Å². The van der Waals surface area contributed by atoms with Gasteiger partial charge in [0, 0.05) is 13.0 Å². The number of fused-ring (bicyclic) bond motifs is 1. The number of alkyl halides is 3. The summed E-state index contributed by atoms with van der Waals surface area (Å²) < 4.78 is 40.9. The highest BCUT2D eigenvalue weighted by atomic mass is 19.4. The summed E-state index contributed by atoms with van der Waals surface area (Å²) in [5.74, 6) is 0. The lowest BCUT2D eigenvalue weighted by molar-refractivity contribution is -0.134. The van der Waals surface area contributed by atoms with Gasteiger partial charge < -0.3 is 9.73 Å². The fourth-order valence-electron chi connectivity index (χ4n) is 1.43. The molecule has 0 radical (unpaired) electrons. The Bertz CT molecular complexity index is 460. The molecule has 2 aromatic rings. The predicted molar refractivity (Wildman–Crippen MR) is 57.8 cm³/mol. The number of hydrogen-bond donors (Lipinski definition) is 1. The van der Waals surface area contributed by atoms with Crippen LogP contribution >= 0.6 is 0 Å². The van der Waals surface area contributed by atoms with Crippen LogP contribution in [0.25, 0.3) is 11.1 Å². The van der Waals surface area contributed by atoms with E-state index < -0.39 is 12.6 Å². The summed E-state index contributed by atoms with van der Waals surface area (Å²) in [6.45, 7) is 0.187. The summed E-state index contributed by atoms with van der Waals surface area (Å²) in [6.07, 6.45) is -4.91. The zero-order valence-corrected chi connectivity index (χ0v) is 8.92. The van der Waals surface area contributed by atoms with Crippen LogP contribution in [0.3, 0.4) is 0 Å². The highest BCUT2D eigenvalue weighted by Crippen LogP contribution is 2.22. The van der Waals surface area contributed by atoms with E-state index in [9.17, 15) is 13.2 Å². The van der Waals surface area contributed by atoms with E-state index in [-0.39, 0.29) is 19.0 Å². The van der Waals surface area contributed by atoms with E-state index in [0.717, 1.165) is 0 Å². The lowest BCUT2D eigenvalue weighted by Gasteiger charge is -2.05. The summed E-state index contributed by atoms with van der Waals surface area (Å²) in [5.41, 5.74) is 1.30. The van der Waals surface area contributed by atoms with E-state index in [1.165, 1.54) is 0 Å². The van der Waals surface area contributed by atoms with Crippen molar-refractivity contribution in [3.63, 3.8) is 0 Å². The summed E-state index contributed by atoms with van der Waals surface area (Å²) in [6, 6.07) is 7.41. The van der Waals surface area contributed by atoms with Gasteiger partial charge in [0.15, 0.2) is 5.58 Å². The minimum Gasteiger partial charge on any atom is -0.424 e. The van der Waals surface area contributed by atoms with Gasteiger partial charge in [0.1, 0.15) is 5.52 Å². The van der Waals surface area contributed by atoms with E-state index in [2.05, 4.69) is 10.3 Å². The third kappa shape index (κ3) is 3.37. The summed E-state index contributed by atoms with van der Waals surface area (Å²) in [7, 11) is 0. The van der Waals surface area contributed by atoms with E-state index in [1.807, 2.05) is 6.07 Å². The van der Waals surface area contributed by atoms with Gasteiger partial charge in [0.05, 0.1) is 0 Å². The van der Waals surface area contributed by atoms with E-state index in [1.54, 1.807) is 18.2 Å². The summed E-state index contributed by atoms with van der Waals surface area (Å²) in [4.78, 5) is 4.09. The molecule has 92 valence electrons. The van der Waals surface area contributed by atoms with Crippen LogP contribution in [0.5, 0.6) is 0 Å². The largest absolute Gasteiger partial charge is 0.424 e. The van der Waals surface area contributed by atoms with Gasteiger partial charge in [-0.05, 0) is 18.6 Å². The molecule has 6 heteroatoms. The molecule has 0 aliphatic carbocycles. The van der Waals surface area contributed by atoms with Crippen LogP contribution in [0, 0.1) is 0 Å². The molecule has 0 unspecified atom stereocenters. The fourth-order valence-corrected chi connectivity index (χ4v) is 1.43. The lowest BCUT2D eigenvalue weighted by Crippen LogP contribution is -2.10. The smallest absolute Gasteiger partial charge is 0.389 e. The molecule has 0 spiro atoms. The Hall–Kier alpha value is -1.72. The second-order valence-electron chi connectivity index (χ2n) is 3.63. The van der Waals surface area contributed by atoms with Crippen LogP contribution < -0.4 is 5.32 Å². The first kappa shape index (κ1) is 11.8. The average molecular weight is 244 g/mol. The van der Waals surface area contributed by atoms with Gasteiger partial charge in [-0.25, -0.2) is 0 Å². The monoisotopic (exact) mass is 244 g/mol. The molecule has 1 aromatic heterocycles. The number of oxazole rings is 1. The molecule has 0 saturated heterocycles. The molecular formula is C11H11F3N2O. The van der Waals surface area contributed by atoms with Crippen LogP contribution in [0.4, 0.5) is 19.2 Å². The lowest BCUT2D eigenvalue weighted by atomic mass is 10.3. The number of nitrogens with zero attached hydrogens (tertiary/aromatic N) is 1. The van der Waals surface area contributed by atoms with Gasteiger partial charge in [-0.3, -0.25) is 0 Å². The topological polar surface area (TPSA) is 38.1 Å². The highest BCUT2D eigenvalue weighted by Gasteiger charge is 2.25. The molecule has 0 atom stereocenters. The van der Waals surface area contributed by atoms with Crippen molar-refractivity contribution in [2.24, 2.45) is 0 Å². The highest BCUT2D eigenvalue weighted by molar-refractivity contribution is 5.74. The van der Waals surface area contributed by atoms with Crippen LogP contribution in [-0.4, -0.2) is 17.7 Å². The number of para-hydroxylation sites is 2. The Kier molecular flexibility index (Phi) is 3.21. The first-order valence-corrected chi connectivity index (χ1v) is 5.21. The maximum Gasteiger partial charge on any atom is 0.389 e. The molecule has 0 saturated carbocycles. The number of halogens is 3. The van der Waals surface area contributed by atoms with E-state index in [0.29, 0.717) is 11.1 Å². The molecule has 2 rings (SSSR count). The summed E-state index contributed by atoms with van der Waals surface area (Å²) >= 11 is 0. The summed E-state index contributed by atoms with van der Waals surface area (Å²) in [5, 5.41) is 2.73. The normalized spacial score (nSPS) is 11.9. The van der Waals surface area contributed by atoms with Gasteiger partial charge in [0.2, 0.25) is 0 Å². The number of aromatic nitrogens is 1. The molecule has 1 N–H and O–H groups in total. The predicted octanol–water partition coefficient (Wildman–Crippen LogP) is 3.58. The standard InChI is InChI=1S/C11H11F3N2O/c12-11(13,14)6-3-7-15-10-16-8-4-1-2-5-9(8)17-10/h1-2,4-5H,3,6-7H2,(H,15,16). The number of anilines is 1. The number of nitrogens with one attached hydrogen (secondary N) is 1. The van der Waals surface area contributed by atoms with Gasteiger partial charge in [-0.1, -0.05) is 12.1 Å². The number of rotatable bonds is 4. The molecule has 3 nitrogen and oxygen atoms in total. The molecule has 0 amide bonds. The average Bonchev–Trinajstić information content (AvgIpc) is 2.65. The second-order valence-corrected chi connectivity index (χ2v) is 3.63. The molecule has 1 aromatic carbocycles. The molecule has 0 aliphatic rings. The van der Waals surface area contributed by atoms with E-state index >= 15 is 0 Å². The van der Waals surface area contributed by atoms with Crippen molar-refractivity contribution in [2.45, 2.75) is 19.0 Å². The van der Waals surface area contributed by atoms with Gasteiger partial charge in [-0.15, -0.1) is 0 Å². The molecule has 0 bridgehead atoms. The maximum absolute atomic E-state index is 11.9. The molecule has 17 heavy (non-hydrogen) atoms. The van der Waals surface area contributed by atoms with Crippen molar-refractivity contribution in [2.75, 3.05) is 11.9 Å². The van der Waals surface area contributed by atoms with Crippen LogP contribution in [-0.2, 0) is 0 Å². The zero-order chi connectivity index (χ0) is 12.3. The van der Waals surface area contributed by atoms with Crippen LogP contribution in [0.2, 0.25) is 0 Å². The van der Waals surface area contributed by atoms with Gasteiger partial charge >= 0.3 is 6.18 Å². The van der Waals surface area contributed by atoms with Crippen molar-refractivity contribution in [3.05, 3.63) is 24.3 Å². The fraction of sp³-hybridized carbons (Fsp3) is 0.364. The maximum atomic E-state index is 11.9. The quantitative estimate of drug-likeness (QED) is 0.835. The third-order valence-electron chi connectivity index (χ3n) is 2.21. The minimum absolute atomic E-state index is 0.00221. The molecular weight excluding hydrogens is 233 g/mol. The SMILES string of the molecule is FC(F)(F)CCCNc1nc2ccccc2o1. The van der Waals surface area contributed by atoms with Crippen molar-refractivity contribution in [1.29, 1.82) is 0 Å². The molecule has 1 heterocycles. The van der Waals surface area contributed by atoms with Crippen molar-refractivity contribution in [1.82, 2.24) is 4.98 Å². The Morgan fingerprint density at radius 3 is 2.71 bits per heavy atom.